The Bertz CT molecular complexity index is 725. The summed E-state index contributed by atoms with van der Waals surface area (Å²) >= 11 is 0. The third kappa shape index (κ3) is 4.04. The number of hydrogen-bond donors (Lipinski definition) is 1. The lowest BCUT2D eigenvalue weighted by Crippen LogP contribution is -2.18. The lowest BCUT2D eigenvalue weighted by molar-refractivity contribution is 0.0955. The van der Waals surface area contributed by atoms with Gasteiger partial charge in [0.2, 0.25) is 0 Å². The van der Waals surface area contributed by atoms with Gasteiger partial charge < -0.3 is 14.4 Å². The molecule has 0 fully saturated rings. The average molecular weight is 327 g/mol. The molecular weight excluding hydrogens is 306 g/mol. The summed E-state index contributed by atoms with van der Waals surface area (Å²) in [5, 5.41) is 3.99. The second-order valence-corrected chi connectivity index (χ2v) is 5.22. The Hall–Kier alpha value is -3.02. The zero-order chi connectivity index (χ0) is 17.5. The van der Waals surface area contributed by atoms with E-state index in [1.54, 1.807) is 32.4 Å². The van der Waals surface area contributed by atoms with Gasteiger partial charge >= 0.3 is 0 Å². The molecule has 0 aliphatic heterocycles. The summed E-state index contributed by atoms with van der Waals surface area (Å²) in [6.07, 6.45) is 1.52. The molecule has 6 heteroatoms. The Morgan fingerprint density at radius 3 is 2.38 bits per heavy atom. The smallest absolute Gasteiger partial charge is 0.271 e. The zero-order valence-electron chi connectivity index (χ0n) is 14.2. The van der Waals surface area contributed by atoms with Crippen molar-refractivity contribution in [2.24, 2.45) is 5.10 Å². The van der Waals surface area contributed by atoms with Gasteiger partial charge in [-0.15, -0.1) is 0 Å². The van der Waals surface area contributed by atoms with E-state index in [9.17, 15) is 4.79 Å². The maximum atomic E-state index is 12.1. The van der Waals surface area contributed by atoms with Gasteiger partial charge in [0.15, 0.2) is 11.5 Å². The highest BCUT2D eigenvalue weighted by atomic mass is 16.5. The standard InChI is InChI=1S/C18H21N3O3/c1-21(2)15-10-8-13(9-11-15)18(22)20-19-12-14-6-5-7-16(23-3)17(14)24-4/h5-12H,1-4H3,(H,20,22). The topological polar surface area (TPSA) is 63.2 Å². The van der Waals surface area contributed by atoms with Crippen LogP contribution in [0.3, 0.4) is 0 Å². The Morgan fingerprint density at radius 2 is 1.79 bits per heavy atom. The van der Waals surface area contributed by atoms with Gasteiger partial charge in [0.05, 0.1) is 20.4 Å². The molecule has 1 amide bonds. The van der Waals surface area contributed by atoms with E-state index in [2.05, 4.69) is 10.5 Å². The molecule has 0 unspecified atom stereocenters. The van der Waals surface area contributed by atoms with Crippen LogP contribution in [0.2, 0.25) is 0 Å². The van der Waals surface area contributed by atoms with Gasteiger partial charge in [0, 0.05) is 30.9 Å². The lowest BCUT2D eigenvalue weighted by atomic mass is 10.2. The molecule has 2 rings (SSSR count). The monoisotopic (exact) mass is 327 g/mol. The highest BCUT2D eigenvalue weighted by molar-refractivity contribution is 5.95. The third-order valence-electron chi connectivity index (χ3n) is 3.45. The lowest BCUT2D eigenvalue weighted by Gasteiger charge is -2.12. The number of rotatable bonds is 6. The van der Waals surface area contributed by atoms with Gasteiger partial charge in [0.25, 0.3) is 5.91 Å². The summed E-state index contributed by atoms with van der Waals surface area (Å²) in [5.41, 5.74) is 4.78. The predicted octanol–water partition coefficient (Wildman–Crippen LogP) is 2.53. The Kier molecular flexibility index (Phi) is 5.78. The van der Waals surface area contributed by atoms with Crippen LogP contribution in [0.4, 0.5) is 5.69 Å². The van der Waals surface area contributed by atoms with Gasteiger partial charge in [-0.1, -0.05) is 6.07 Å². The number of nitrogens with zero attached hydrogens (tertiary/aromatic N) is 2. The average Bonchev–Trinajstić information content (AvgIpc) is 2.61. The fraction of sp³-hybridized carbons (Fsp3) is 0.222. The summed E-state index contributed by atoms with van der Waals surface area (Å²) < 4.78 is 10.5. The fourth-order valence-corrected chi connectivity index (χ4v) is 2.15. The largest absolute Gasteiger partial charge is 0.493 e. The molecular formula is C18H21N3O3. The minimum Gasteiger partial charge on any atom is -0.493 e. The molecule has 0 aliphatic carbocycles. The molecule has 2 aromatic rings. The fourth-order valence-electron chi connectivity index (χ4n) is 2.15. The van der Waals surface area contributed by atoms with Crippen LogP contribution >= 0.6 is 0 Å². The number of benzene rings is 2. The Balaban J connectivity index is 2.07. The number of hydrogen-bond acceptors (Lipinski definition) is 5. The highest BCUT2D eigenvalue weighted by Gasteiger charge is 2.08. The predicted molar refractivity (Wildman–Crippen MR) is 95.4 cm³/mol. The number of methoxy groups -OCH3 is 2. The Morgan fingerprint density at radius 1 is 1.08 bits per heavy atom. The second-order valence-electron chi connectivity index (χ2n) is 5.22. The molecule has 6 nitrogen and oxygen atoms in total. The first-order chi connectivity index (χ1) is 11.6. The van der Waals surface area contributed by atoms with E-state index in [1.807, 2.05) is 43.3 Å². The van der Waals surface area contributed by atoms with Crippen LogP contribution in [0.5, 0.6) is 11.5 Å². The minimum atomic E-state index is -0.279. The van der Waals surface area contributed by atoms with E-state index in [0.717, 1.165) is 5.69 Å². The summed E-state index contributed by atoms with van der Waals surface area (Å²) in [5.74, 6) is 0.888. The van der Waals surface area contributed by atoms with Crippen LogP contribution in [0.15, 0.2) is 47.6 Å². The van der Waals surface area contributed by atoms with Crippen molar-refractivity contribution in [2.45, 2.75) is 0 Å². The van der Waals surface area contributed by atoms with Gasteiger partial charge in [-0.05, 0) is 36.4 Å². The van der Waals surface area contributed by atoms with Crippen molar-refractivity contribution in [3.05, 3.63) is 53.6 Å². The molecule has 24 heavy (non-hydrogen) atoms. The number of ether oxygens (including phenoxy) is 2. The molecule has 0 radical (unpaired) electrons. The molecule has 2 aromatic carbocycles. The number of nitrogens with one attached hydrogen (secondary N) is 1. The maximum absolute atomic E-state index is 12.1. The number of carbonyl (C=O) groups is 1. The van der Waals surface area contributed by atoms with Crippen LogP contribution in [-0.4, -0.2) is 40.4 Å². The molecule has 0 aliphatic rings. The van der Waals surface area contributed by atoms with Crippen LogP contribution in [0.25, 0.3) is 0 Å². The molecule has 0 bridgehead atoms. The minimum absolute atomic E-state index is 0.279. The molecule has 0 atom stereocenters. The van der Waals surface area contributed by atoms with Crippen molar-refractivity contribution in [3.8, 4) is 11.5 Å². The molecule has 0 heterocycles. The first-order valence-corrected chi connectivity index (χ1v) is 7.38. The van der Waals surface area contributed by atoms with Crippen molar-refractivity contribution >= 4 is 17.8 Å². The quantitative estimate of drug-likeness (QED) is 0.654. The number of para-hydroxylation sites is 1. The normalized spacial score (nSPS) is 10.5. The van der Waals surface area contributed by atoms with E-state index in [1.165, 1.54) is 6.21 Å². The van der Waals surface area contributed by atoms with Crippen molar-refractivity contribution in [1.29, 1.82) is 0 Å². The zero-order valence-corrected chi connectivity index (χ0v) is 14.2. The number of carbonyl (C=O) groups excluding carboxylic acids is 1. The van der Waals surface area contributed by atoms with Gasteiger partial charge in [-0.25, -0.2) is 5.43 Å². The first kappa shape index (κ1) is 17.3. The maximum Gasteiger partial charge on any atom is 0.271 e. The molecule has 126 valence electrons. The van der Waals surface area contributed by atoms with Crippen LogP contribution < -0.4 is 19.8 Å². The van der Waals surface area contributed by atoms with Gasteiger partial charge in [-0.2, -0.15) is 5.10 Å². The van der Waals surface area contributed by atoms with E-state index in [4.69, 9.17) is 9.47 Å². The summed E-state index contributed by atoms with van der Waals surface area (Å²) in [6, 6.07) is 12.7. The summed E-state index contributed by atoms with van der Waals surface area (Å²) in [4.78, 5) is 14.1. The molecule has 0 aromatic heterocycles. The Labute approximate surface area is 141 Å². The van der Waals surface area contributed by atoms with Crippen LogP contribution in [-0.2, 0) is 0 Å². The molecule has 1 N–H and O–H groups in total. The second kappa shape index (κ2) is 8.01. The number of amides is 1. The number of anilines is 1. The third-order valence-corrected chi connectivity index (χ3v) is 3.45. The first-order valence-electron chi connectivity index (χ1n) is 7.38. The van der Waals surface area contributed by atoms with Crippen molar-refractivity contribution < 1.29 is 14.3 Å². The summed E-state index contributed by atoms with van der Waals surface area (Å²) in [6.45, 7) is 0. The molecule has 0 saturated heterocycles. The van der Waals surface area contributed by atoms with Crippen molar-refractivity contribution in [1.82, 2.24) is 5.43 Å². The number of hydrazone groups is 1. The van der Waals surface area contributed by atoms with E-state index in [-0.39, 0.29) is 5.91 Å². The van der Waals surface area contributed by atoms with Crippen molar-refractivity contribution in [2.75, 3.05) is 33.2 Å². The van der Waals surface area contributed by atoms with Crippen LogP contribution in [0, 0.1) is 0 Å². The van der Waals surface area contributed by atoms with E-state index >= 15 is 0 Å². The molecule has 0 spiro atoms. The summed E-state index contributed by atoms with van der Waals surface area (Å²) in [7, 11) is 7.01. The SMILES string of the molecule is COc1cccc(C=NNC(=O)c2ccc(N(C)C)cc2)c1OC. The van der Waals surface area contributed by atoms with Crippen LogP contribution in [0.1, 0.15) is 15.9 Å². The van der Waals surface area contributed by atoms with Gasteiger partial charge in [-0.3, -0.25) is 4.79 Å². The van der Waals surface area contributed by atoms with Crippen molar-refractivity contribution in [3.63, 3.8) is 0 Å². The van der Waals surface area contributed by atoms with E-state index in [0.29, 0.717) is 22.6 Å². The van der Waals surface area contributed by atoms with Gasteiger partial charge in [0.1, 0.15) is 0 Å². The van der Waals surface area contributed by atoms with E-state index < -0.39 is 0 Å². The molecule has 0 saturated carbocycles. The highest BCUT2D eigenvalue weighted by Crippen LogP contribution is 2.29.